The van der Waals surface area contributed by atoms with Gasteiger partial charge < -0.3 is 5.32 Å². The molecule has 7 nitrogen and oxygen atoms in total. The first-order chi connectivity index (χ1) is 16.8. The lowest BCUT2D eigenvalue weighted by molar-refractivity contribution is 0.577. The Morgan fingerprint density at radius 3 is 2.54 bits per heavy atom. The van der Waals surface area contributed by atoms with E-state index in [-0.39, 0.29) is 34.2 Å². The zero-order valence-corrected chi connectivity index (χ0v) is 19.4. The van der Waals surface area contributed by atoms with Crippen molar-refractivity contribution in [2.75, 3.05) is 5.32 Å². The summed E-state index contributed by atoms with van der Waals surface area (Å²) in [4.78, 5) is 4.29. The Morgan fingerprint density at radius 1 is 1.00 bits per heavy atom. The summed E-state index contributed by atoms with van der Waals surface area (Å²) in [5.41, 5.74) is 1.93. The van der Waals surface area contributed by atoms with Gasteiger partial charge in [0.2, 0.25) is 5.96 Å². The number of nitrogens with zero attached hydrogens (tertiary/aromatic N) is 3. The van der Waals surface area contributed by atoms with E-state index < -0.39 is 27.6 Å². The molecule has 1 aromatic heterocycles. The number of guanidine groups is 1. The highest BCUT2D eigenvalue weighted by atomic mass is 32.2. The summed E-state index contributed by atoms with van der Waals surface area (Å²) in [7, 11) is -4.04. The van der Waals surface area contributed by atoms with Crippen LogP contribution in [0.1, 0.15) is 29.5 Å². The molecule has 0 fully saturated rings. The minimum Gasteiger partial charge on any atom is -0.324 e. The number of anilines is 1. The fourth-order valence-electron chi connectivity index (χ4n) is 4.17. The summed E-state index contributed by atoms with van der Waals surface area (Å²) < 4.78 is 59.6. The molecule has 0 bridgehead atoms. The maximum Gasteiger partial charge on any atom is 0.266 e. The number of rotatable bonds is 5. The largest absolute Gasteiger partial charge is 0.324 e. The average molecular weight is 494 g/mol. The molecule has 0 amide bonds. The van der Waals surface area contributed by atoms with Gasteiger partial charge in [0, 0.05) is 23.9 Å². The van der Waals surface area contributed by atoms with Crippen molar-refractivity contribution >= 4 is 21.7 Å². The van der Waals surface area contributed by atoms with Crippen molar-refractivity contribution in [1.82, 2.24) is 14.5 Å². The van der Waals surface area contributed by atoms with Gasteiger partial charge in [0.05, 0.1) is 17.9 Å². The lowest BCUT2D eigenvalue weighted by Crippen LogP contribution is -2.41. The van der Waals surface area contributed by atoms with Gasteiger partial charge in [-0.25, -0.2) is 31.6 Å². The van der Waals surface area contributed by atoms with Crippen molar-refractivity contribution in [3.05, 3.63) is 107 Å². The third kappa shape index (κ3) is 4.28. The highest BCUT2D eigenvalue weighted by molar-refractivity contribution is 7.90. The van der Waals surface area contributed by atoms with Gasteiger partial charge in [-0.2, -0.15) is 5.10 Å². The number of aromatic nitrogens is 2. The van der Waals surface area contributed by atoms with E-state index >= 15 is 4.39 Å². The Kier molecular flexibility index (Phi) is 5.81. The van der Waals surface area contributed by atoms with Gasteiger partial charge in [-0.05, 0) is 41.5 Å². The van der Waals surface area contributed by atoms with Crippen LogP contribution < -0.4 is 10.0 Å². The molecule has 1 atom stereocenters. The van der Waals surface area contributed by atoms with E-state index in [1.54, 1.807) is 48.3 Å². The smallest absolute Gasteiger partial charge is 0.266 e. The van der Waals surface area contributed by atoms with Crippen molar-refractivity contribution in [2.24, 2.45) is 4.99 Å². The van der Waals surface area contributed by atoms with E-state index in [9.17, 15) is 12.8 Å². The fraction of sp³-hybridized carbons (Fsp3) is 0.120. The summed E-state index contributed by atoms with van der Waals surface area (Å²) >= 11 is 0. The van der Waals surface area contributed by atoms with E-state index in [1.807, 2.05) is 24.3 Å². The van der Waals surface area contributed by atoms with Gasteiger partial charge in [0.1, 0.15) is 16.5 Å². The number of nitrogens with one attached hydrogen (secondary N) is 2. The highest BCUT2D eigenvalue weighted by Gasteiger charge is 2.32. The van der Waals surface area contributed by atoms with Crippen LogP contribution in [0.5, 0.6) is 0 Å². The lowest BCUT2D eigenvalue weighted by atomic mass is 9.91. The molecule has 1 aliphatic rings. The van der Waals surface area contributed by atoms with Crippen LogP contribution in [0.15, 0.2) is 89.0 Å². The van der Waals surface area contributed by atoms with E-state index in [4.69, 9.17) is 0 Å². The second-order valence-corrected chi connectivity index (χ2v) is 9.70. The number of halogens is 2. The first kappa shape index (κ1) is 22.7. The molecule has 0 aliphatic carbocycles. The van der Waals surface area contributed by atoms with Crippen LogP contribution in [-0.2, 0) is 16.6 Å². The average Bonchev–Trinajstić information content (AvgIpc) is 3.37. The highest BCUT2D eigenvalue weighted by Crippen LogP contribution is 2.38. The maximum atomic E-state index is 15.1. The zero-order valence-electron chi connectivity index (χ0n) is 18.6. The van der Waals surface area contributed by atoms with Gasteiger partial charge in [-0.3, -0.25) is 0 Å². The molecule has 10 heteroatoms. The summed E-state index contributed by atoms with van der Waals surface area (Å²) in [5, 5.41) is 7.17. The Morgan fingerprint density at radius 2 is 1.77 bits per heavy atom. The Bertz CT molecular complexity index is 1540. The molecule has 0 saturated carbocycles. The summed E-state index contributed by atoms with van der Waals surface area (Å²) in [6, 6.07) is 17.5. The van der Waals surface area contributed by atoms with Crippen LogP contribution in [-0.4, -0.2) is 24.2 Å². The number of aliphatic imine (C=N–C) groups is 1. The fourth-order valence-corrected chi connectivity index (χ4v) is 5.33. The molecule has 0 spiro atoms. The molecule has 2 N–H and O–H groups in total. The van der Waals surface area contributed by atoms with Crippen LogP contribution in [0.3, 0.4) is 0 Å². The van der Waals surface area contributed by atoms with E-state index in [1.165, 1.54) is 12.1 Å². The minimum atomic E-state index is -4.04. The quantitative estimate of drug-likeness (QED) is 0.427. The molecule has 0 unspecified atom stereocenters. The van der Waals surface area contributed by atoms with Gasteiger partial charge in [0.15, 0.2) is 0 Å². The topological polar surface area (TPSA) is 88.4 Å². The lowest BCUT2D eigenvalue weighted by Gasteiger charge is -2.26. The molecular formula is C25H21F2N5O2S. The van der Waals surface area contributed by atoms with E-state index in [0.29, 0.717) is 0 Å². The predicted molar refractivity (Wildman–Crippen MR) is 129 cm³/mol. The molecular weight excluding hydrogens is 472 g/mol. The molecule has 1 aliphatic heterocycles. The maximum absolute atomic E-state index is 15.1. The first-order valence-corrected chi connectivity index (χ1v) is 12.3. The first-order valence-electron chi connectivity index (χ1n) is 10.8. The van der Waals surface area contributed by atoms with Crippen LogP contribution >= 0.6 is 0 Å². The molecule has 0 radical (unpaired) electrons. The van der Waals surface area contributed by atoms with Crippen molar-refractivity contribution in [2.45, 2.75) is 24.3 Å². The molecule has 5 rings (SSSR count). The second-order valence-electron chi connectivity index (χ2n) is 8.05. The van der Waals surface area contributed by atoms with Crippen molar-refractivity contribution in [3.63, 3.8) is 0 Å². The van der Waals surface area contributed by atoms with Crippen LogP contribution in [0.25, 0.3) is 5.69 Å². The van der Waals surface area contributed by atoms with E-state index in [0.717, 1.165) is 17.3 Å². The summed E-state index contributed by atoms with van der Waals surface area (Å²) in [6.07, 6.45) is 3.45. The van der Waals surface area contributed by atoms with Crippen molar-refractivity contribution in [1.29, 1.82) is 0 Å². The third-order valence-corrected chi connectivity index (χ3v) is 7.25. The Hall–Kier alpha value is -4.05. The van der Waals surface area contributed by atoms with Gasteiger partial charge in [-0.1, -0.05) is 43.3 Å². The van der Waals surface area contributed by atoms with Gasteiger partial charge in [-0.15, -0.1) is 0 Å². The number of sulfonamides is 1. The Labute approximate surface area is 201 Å². The standard InChI is InChI=1S/C25H21F2N5O2S/c1-16(18-8-3-4-9-19(18)26)23-20(27)11-12-22-24(23)30-25(31-35(22,33)34)28-15-17-7-2-5-10-21(17)32-14-6-13-29-32/h2-14,16H,15H2,1H3,(H2,28,30,31)/t16-/m1/s1. The number of hydrogen-bond acceptors (Lipinski definition) is 4. The van der Waals surface area contributed by atoms with Crippen LogP contribution in [0.2, 0.25) is 0 Å². The SMILES string of the molecule is C[C@H](c1ccccc1F)c1c(F)ccc2c1NC(=NCc1ccccc1-n1cccn1)NS2(=O)=O. The van der Waals surface area contributed by atoms with Crippen molar-refractivity contribution < 1.29 is 17.2 Å². The predicted octanol–water partition coefficient (Wildman–Crippen LogP) is 4.56. The van der Waals surface area contributed by atoms with Crippen molar-refractivity contribution in [3.8, 4) is 5.69 Å². The number of para-hydroxylation sites is 1. The second kappa shape index (κ2) is 8.95. The summed E-state index contributed by atoms with van der Waals surface area (Å²) in [6.45, 7) is 1.76. The van der Waals surface area contributed by atoms with Gasteiger partial charge >= 0.3 is 0 Å². The van der Waals surface area contributed by atoms with Gasteiger partial charge in [0.25, 0.3) is 10.0 Å². The molecule has 4 aromatic rings. The number of benzene rings is 3. The van der Waals surface area contributed by atoms with Crippen LogP contribution in [0, 0.1) is 11.6 Å². The normalized spacial score (nSPS) is 16.3. The van der Waals surface area contributed by atoms with E-state index in [2.05, 4.69) is 20.1 Å². The molecule has 0 saturated heterocycles. The molecule has 2 heterocycles. The third-order valence-electron chi connectivity index (χ3n) is 5.87. The zero-order chi connectivity index (χ0) is 24.6. The molecule has 178 valence electrons. The van der Waals surface area contributed by atoms with Crippen LogP contribution in [0.4, 0.5) is 14.5 Å². The number of hydrogen-bond donors (Lipinski definition) is 2. The molecule has 35 heavy (non-hydrogen) atoms. The summed E-state index contributed by atoms with van der Waals surface area (Å²) in [5.74, 6) is -1.96. The number of fused-ring (bicyclic) bond motifs is 1. The Balaban J connectivity index is 1.54. The molecule has 3 aromatic carbocycles. The minimum absolute atomic E-state index is 0.0404. The monoisotopic (exact) mass is 493 g/mol.